The van der Waals surface area contributed by atoms with Crippen LogP contribution in [0.4, 0.5) is 0 Å². The summed E-state index contributed by atoms with van der Waals surface area (Å²) < 4.78 is 0. The van der Waals surface area contributed by atoms with E-state index in [-0.39, 0.29) is 12.1 Å². The van der Waals surface area contributed by atoms with Crippen molar-refractivity contribution < 1.29 is 5.11 Å². The van der Waals surface area contributed by atoms with Crippen molar-refractivity contribution in [2.24, 2.45) is 0 Å². The van der Waals surface area contributed by atoms with Crippen molar-refractivity contribution in [3.05, 3.63) is 0 Å². The Morgan fingerprint density at radius 1 is 1.31 bits per heavy atom. The molecule has 0 aromatic rings. The predicted octanol–water partition coefficient (Wildman–Crippen LogP) is 0.441. The standard InChI is InChI=1S/C10H22N2O/c1-9(10(2)13)11-5-8-12-6-3-4-7-12/h9-11,13H,3-8H2,1-2H3. The topological polar surface area (TPSA) is 35.5 Å². The summed E-state index contributed by atoms with van der Waals surface area (Å²) in [5.41, 5.74) is 0. The zero-order valence-corrected chi connectivity index (χ0v) is 8.79. The van der Waals surface area contributed by atoms with Gasteiger partial charge in [0, 0.05) is 19.1 Å². The smallest absolute Gasteiger partial charge is 0.0662 e. The van der Waals surface area contributed by atoms with Crippen molar-refractivity contribution in [1.29, 1.82) is 0 Å². The molecular formula is C10H22N2O. The number of aliphatic hydroxyl groups excluding tert-OH is 1. The molecule has 1 saturated heterocycles. The van der Waals surface area contributed by atoms with E-state index in [0.717, 1.165) is 13.1 Å². The molecule has 13 heavy (non-hydrogen) atoms. The fourth-order valence-electron chi connectivity index (χ4n) is 1.63. The molecule has 0 saturated carbocycles. The quantitative estimate of drug-likeness (QED) is 0.654. The molecule has 1 rings (SSSR count). The van der Waals surface area contributed by atoms with E-state index in [0.29, 0.717) is 0 Å². The van der Waals surface area contributed by atoms with Crippen LogP contribution in [0.1, 0.15) is 26.7 Å². The minimum Gasteiger partial charge on any atom is -0.392 e. The van der Waals surface area contributed by atoms with Gasteiger partial charge in [0.05, 0.1) is 6.10 Å². The van der Waals surface area contributed by atoms with E-state index in [4.69, 9.17) is 0 Å². The van der Waals surface area contributed by atoms with Gasteiger partial charge in [0.2, 0.25) is 0 Å². The van der Waals surface area contributed by atoms with Crippen LogP contribution in [0.5, 0.6) is 0 Å². The molecule has 0 aromatic heterocycles. The Bertz CT molecular complexity index is 131. The van der Waals surface area contributed by atoms with Crippen molar-refractivity contribution in [3.8, 4) is 0 Å². The Morgan fingerprint density at radius 2 is 1.92 bits per heavy atom. The van der Waals surface area contributed by atoms with Gasteiger partial charge in [-0.05, 0) is 39.8 Å². The average molecular weight is 186 g/mol. The van der Waals surface area contributed by atoms with Crippen molar-refractivity contribution in [2.45, 2.75) is 38.8 Å². The van der Waals surface area contributed by atoms with E-state index in [1.54, 1.807) is 0 Å². The molecule has 1 heterocycles. The SMILES string of the molecule is CC(O)C(C)NCCN1CCCC1. The van der Waals surface area contributed by atoms with E-state index in [1.165, 1.54) is 25.9 Å². The van der Waals surface area contributed by atoms with E-state index < -0.39 is 0 Å². The van der Waals surface area contributed by atoms with Crippen LogP contribution in [-0.4, -0.2) is 48.3 Å². The highest BCUT2D eigenvalue weighted by molar-refractivity contribution is 4.70. The fraction of sp³-hybridized carbons (Fsp3) is 1.00. The van der Waals surface area contributed by atoms with Crippen molar-refractivity contribution >= 4 is 0 Å². The molecule has 2 unspecified atom stereocenters. The summed E-state index contributed by atoms with van der Waals surface area (Å²) >= 11 is 0. The summed E-state index contributed by atoms with van der Waals surface area (Å²) in [7, 11) is 0. The van der Waals surface area contributed by atoms with Crippen molar-refractivity contribution in [2.75, 3.05) is 26.2 Å². The van der Waals surface area contributed by atoms with Gasteiger partial charge in [-0.3, -0.25) is 0 Å². The normalized spacial score (nSPS) is 23.3. The number of hydrogen-bond donors (Lipinski definition) is 2. The summed E-state index contributed by atoms with van der Waals surface area (Å²) in [6.45, 7) is 8.47. The Labute approximate surface area is 81.1 Å². The lowest BCUT2D eigenvalue weighted by molar-refractivity contribution is 0.150. The minimum absolute atomic E-state index is 0.211. The van der Waals surface area contributed by atoms with Crippen LogP contribution < -0.4 is 5.32 Å². The van der Waals surface area contributed by atoms with Gasteiger partial charge in [-0.1, -0.05) is 0 Å². The Kier molecular flexibility index (Phi) is 4.70. The first-order valence-electron chi connectivity index (χ1n) is 5.34. The highest BCUT2D eigenvalue weighted by Gasteiger charge is 2.12. The second kappa shape index (κ2) is 5.58. The third kappa shape index (κ3) is 4.07. The number of nitrogens with one attached hydrogen (secondary N) is 1. The van der Waals surface area contributed by atoms with Crippen LogP contribution in [0.2, 0.25) is 0 Å². The van der Waals surface area contributed by atoms with Gasteiger partial charge in [0.25, 0.3) is 0 Å². The highest BCUT2D eigenvalue weighted by Crippen LogP contribution is 2.05. The monoisotopic (exact) mass is 186 g/mol. The van der Waals surface area contributed by atoms with Crippen LogP contribution in [0.3, 0.4) is 0 Å². The molecule has 2 atom stereocenters. The first kappa shape index (κ1) is 11.0. The van der Waals surface area contributed by atoms with Crippen LogP contribution in [-0.2, 0) is 0 Å². The maximum absolute atomic E-state index is 9.24. The molecule has 3 nitrogen and oxygen atoms in total. The molecule has 78 valence electrons. The second-order valence-electron chi connectivity index (χ2n) is 4.03. The van der Waals surface area contributed by atoms with Crippen molar-refractivity contribution in [3.63, 3.8) is 0 Å². The molecule has 0 bridgehead atoms. The first-order valence-corrected chi connectivity index (χ1v) is 5.34. The third-order valence-corrected chi connectivity index (χ3v) is 2.82. The van der Waals surface area contributed by atoms with Gasteiger partial charge in [-0.25, -0.2) is 0 Å². The zero-order valence-electron chi connectivity index (χ0n) is 8.79. The molecule has 1 aliphatic heterocycles. The molecule has 0 amide bonds. The molecule has 3 heteroatoms. The fourth-order valence-corrected chi connectivity index (χ4v) is 1.63. The average Bonchev–Trinajstić information content (AvgIpc) is 2.56. The van der Waals surface area contributed by atoms with Crippen LogP contribution in [0.25, 0.3) is 0 Å². The molecule has 0 aliphatic carbocycles. The summed E-state index contributed by atoms with van der Waals surface area (Å²) in [6, 6.07) is 0.211. The summed E-state index contributed by atoms with van der Waals surface area (Å²) in [4.78, 5) is 2.47. The molecule has 1 fully saturated rings. The molecule has 0 aromatic carbocycles. The Balaban J connectivity index is 1.99. The number of aliphatic hydroxyl groups is 1. The number of nitrogens with zero attached hydrogens (tertiary/aromatic N) is 1. The zero-order chi connectivity index (χ0) is 9.68. The van der Waals surface area contributed by atoms with Crippen LogP contribution in [0, 0.1) is 0 Å². The third-order valence-electron chi connectivity index (χ3n) is 2.82. The lowest BCUT2D eigenvalue weighted by atomic mass is 10.2. The van der Waals surface area contributed by atoms with E-state index >= 15 is 0 Å². The van der Waals surface area contributed by atoms with E-state index in [1.807, 2.05) is 13.8 Å². The van der Waals surface area contributed by atoms with Crippen LogP contribution >= 0.6 is 0 Å². The minimum atomic E-state index is -0.251. The first-order chi connectivity index (χ1) is 6.20. The maximum atomic E-state index is 9.24. The van der Waals surface area contributed by atoms with Crippen LogP contribution in [0.15, 0.2) is 0 Å². The van der Waals surface area contributed by atoms with Crippen molar-refractivity contribution in [1.82, 2.24) is 10.2 Å². The number of rotatable bonds is 5. The van der Waals surface area contributed by atoms with Gasteiger partial charge in [0.15, 0.2) is 0 Å². The molecular weight excluding hydrogens is 164 g/mol. The van der Waals surface area contributed by atoms with Gasteiger partial charge in [-0.15, -0.1) is 0 Å². The van der Waals surface area contributed by atoms with Gasteiger partial charge in [-0.2, -0.15) is 0 Å². The molecule has 2 N–H and O–H groups in total. The highest BCUT2D eigenvalue weighted by atomic mass is 16.3. The summed E-state index contributed by atoms with van der Waals surface area (Å²) in [6.07, 6.45) is 2.45. The van der Waals surface area contributed by atoms with Gasteiger partial charge in [0.1, 0.15) is 0 Å². The number of likely N-dealkylation sites (tertiary alicyclic amines) is 1. The lowest BCUT2D eigenvalue weighted by Gasteiger charge is -2.19. The Morgan fingerprint density at radius 3 is 2.46 bits per heavy atom. The van der Waals surface area contributed by atoms with E-state index in [2.05, 4.69) is 10.2 Å². The van der Waals surface area contributed by atoms with Gasteiger partial charge >= 0.3 is 0 Å². The van der Waals surface area contributed by atoms with E-state index in [9.17, 15) is 5.11 Å². The lowest BCUT2D eigenvalue weighted by Crippen LogP contribution is -2.40. The second-order valence-corrected chi connectivity index (χ2v) is 4.03. The van der Waals surface area contributed by atoms with Gasteiger partial charge < -0.3 is 15.3 Å². The molecule has 0 spiro atoms. The summed E-state index contributed by atoms with van der Waals surface area (Å²) in [5, 5.41) is 12.6. The maximum Gasteiger partial charge on any atom is 0.0662 e. The predicted molar refractivity (Wildman–Crippen MR) is 54.8 cm³/mol. The molecule has 0 radical (unpaired) electrons. The molecule has 1 aliphatic rings. The number of hydrogen-bond acceptors (Lipinski definition) is 3. The Hall–Kier alpha value is -0.120. The summed E-state index contributed by atoms with van der Waals surface area (Å²) in [5.74, 6) is 0. The largest absolute Gasteiger partial charge is 0.392 e.